The van der Waals surface area contributed by atoms with Crippen molar-refractivity contribution in [2.75, 3.05) is 31.1 Å². The summed E-state index contributed by atoms with van der Waals surface area (Å²) >= 11 is 0. The third-order valence-corrected chi connectivity index (χ3v) is 7.36. The fourth-order valence-electron chi connectivity index (χ4n) is 3.82. The quantitative estimate of drug-likeness (QED) is 0.755. The molecule has 0 radical (unpaired) electrons. The maximum absolute atomic E-state index is 13.0. The number of aromatic nitrogens is 2. The minimum Gasteiger partial charge on any atom is -0.352 e. The van der Waals surface area contributed by atoms with Gasteiger partial charge in [-0.15, -0.1) is 10.2 Å². The molecule has 1 aliphatic carbocycles. The van der Waals surface area contributed by atoms with Crippen LogP contribution in [0.2, 0.25) is 0 Å². The van der Waals surface area contributed by atoms with Gasteiger partial charge in [-0.25, -0.2) is 8.42 Å². The first kappa shape index (κ1) is 20.1. The topological polar surface area (TPSA) is 66.4 Å². The molecule has 4 rings (SSSR count). The van der Waals surface area contributed by atoms with Crippen molar-refractivity contribution in [3.8, 4) is 0 Å². The van der Waals surface area contributed by atoms with Gasteiger partial charge >= 0.3 is 6.18 Å². The normalized spacial score (nSPS) is 18.5. The van der Waals surface area contributed by atoms with Crippen molar-refractivity contribution < 1.29 is 21.6 Å². The molecule has 156 valence electrons. The highest BCUT2D eigenvalue weighted by atomic mass is 32.2. The zero-order valence-corrected chi connectivity index (χ0v) is 16.5. The van der Waals surface area contributed by atoms with Gasteiger partial charge in [0.15, 0.2) is 11.5 Å². The van der Waals surface area contributed by atoms with Crippen LogP contribution in [-0.4, -0.2) is 49.1 Å². The summed E-state index contributed by atoms with van der Waals surface area (Å²) in [5, 5.41) is 6.88. The van der Waals surface area contributed by atoms with Crippen LogP contribution in [0.15, 0.2) is 35.2 Å². The Bertz CT molecular complexity index is 986. The Morgan fingerprint density at radius 1 is 0.862 bits per heavy atom. The van der Waals surface area contributed by atoms with E-state index in [2.05, 4.69) is 10.2 Å². The van der Waals surface area contributed by atoms with Crippen LogP contribution in [-0.2, 0) is 29.0 Å². The van der Waals surface area contributed by atoms with Gasteiger partial charge in [0.1, 0.15) is 0 Å². The smallest absolute Gasteiger partial charge is 0.352 e. The Morgan fingerprint density at radius 2 is 1.55 bits per heavy atom. The number of benzene rings is 1. The Kier molecular flexibility index (Phi) is 5.24. The number of anilines is 1. The molecule has 29 heavy (non-hydrogen) atoms. The lowest BCUT2D eigenvalue weighted by Gasteiger charge is -2.34. The molecule has 0 saturated carbocycles. The highest BCUT2D eigenvalue weighted by Crippen LogP contribution is 2.29. The van der Waals surface area contributed by atoms with Crippen molar-refractivity contribution in [3.05, 3.63) is 47.2 Å². The van der Waals surface area contributed by atoms with Gasteiger partial charge < -0.3 is 4.90 Å². The number of nitrogens with zero attached hydrogens (tertiary/aromatic N) is 4. The Balaban J connectivity index is 1.45. The minimum absolute atomic E-state index is 0.238. The van der Waals surface area contributed by atoms with Crippen LogP contribution in [0.4, 0.5) is 19.0 Å². The first-order valence-electron chi connectivity index (χ1n) is 9.53. The number of rotatable bonds is 3. The summed E-state index contributed by atoms with van der Waals surface area (Å²) in [6, 6.07) is 7.53. The van der Waals surface area contributed by atoms with Crippen molar-refractivity contribution in [1.29, 1.82) is 0 Å². The highest BCUT2D eigenvalue weighted by Gasteiger charge is 2.34. The summed E-state index contributed by atoms with van der Waals surface area (Å²) < 4.78 is 65.3. The van der Waals surface area contributed by atoms with Crippen LogP contribution >= 0.6 is 0 Å². The molecule has 6 nitrogen and oxygen atoms in total. The van der Waals surface area contributed by atoms with E-state index in [9.17, 15) is 21.6 Å². The molecule has 2 aliphatic rings. The predicted molar refractivity (Wildman–Crippen MR) is 101 cm³/mol. The van der Waals surface area contributed by atoms with Gasteiger partial charge in [0.2, 0.25) is 10.0 Å². The van der Waals surface area contributed by atoms with E-state index in [-0.39, 0.29) is 13.1 Å². The molecule has 0 atom stereocenters. The van der Waals surface area contributed by atoms with Crippen LogP contribution in [0, 0.1) is 0 Å². The molecular weight excluding hydrogens is 405 g/mol. The molecule has 0 unspecified atom stereocenters. The summed E-state index contributed by atoms with van der Waals surface area (Å²) in [7, 11) is -3.61. The Morgan fingerprint density at radius 3 is 2.17 bits per heavy atom. The van der Waals surface area contributed by atoms with E-state index in [0.717, 1.165) is 37.3 Å². The average molecular weight is 426 g/mol. The standard InChI is InChI=1S/C19H21F3N4O2S/c20-19(21,22)17-7-8-18(24-23-17)25-9-11-26(12-10-25)29(27,28)16-6-5-14-3-1-2-4-15(14)13-16/h5-8,13H,1-4,9-12H2. The zero-order valence-electron chi connectivity index (χ0n) is 15.7. The molecule has 1 aromatic heterocycles. The van der Waals surface area contributed by atoms with Crippen molar-refractivity contribution in [1.82, 2.24) is 14.5 Å². The fraction of sp³-hybridized carbons (Fsp3) is 0.474. The van der Waals surface area contributed by atoms with Crippen LogP contribution < -0.4 is 4.90 Å². The average Bonchev–Trinajstić information content (AvgIpc) is 2.73. The number of piperazine rings is 1. The second-order valence-electron chi connectivity index (χ2n) is 7.30. The lowest BCUT2D eigenvalue weighted by Crippen LogP contribution is -2.49. The highest BCUT2D eigenvalue weighted by molar-refractivity contribution is 7.89. The summed E-state index contributed by atoms with van der Waals surface area (Å²) in [4.78, 5) is 2.05. The van der Waals surface area contributed by atoms with Gasteiger partial charge in [0.05, 0.1) is 4.90 Å². The van der Waals surface area contributed by atoms with Crippen LogP contribution in [0.25, 0.3) is 0 Å². The van der Waals surface area contributed by atoms with Gasteiger partial charge in [0, 0.05) is 26.2 Å². The summed E-state index contributed by atoms with van der Waals surface area (Å²) in [6.07, 6.45) is -0.439. The number of hydrogen-bond donors (Lipinski definition) is 0. The van der Waals surface area contributed by atoms with Crippen LogP contribution in [0.1, 0.15) is 29.7 Å². The Labute approximate surface area is 167 Å². The van der Waals surface area contributed by atoms with E-state index in [1.807, 2.05) is 6.07 Å². The monoisotopic (exact) mass is 426 g/mol. The number of alkyl halides is 3. The largest absolute Gasteiger partial charge is 0.435 e. The number of hydrogen-bond acceptors (Lipinski definition) is 5. The molecule has 1 aromatic carbocycles. The third-order valence-electron chi connectivity index (χ3n) is 5.46. The summed E-state index contributed by atoms with van der Waals surface area (Å²) in [6.45, 7) is 1.15. The molecule has 1 aliphatic heterocycles. The van der Waals surface area contributed by atoms with Crippen molar-refractivity contribution >= 4 is 15.8 Å². The van der Waals surface area contributed by atoms with Gasteiger partial charge in [-0.2, -0.15) is 17.5 Å². The molecule has 1 saturated heterocycles. The molecule has 0 N–H and O–H groups in total. The van der Waals surface area contributed by atoms with Crippen molar-refractivity contribution in [3.63, 3.8) is 0 Å². The molecule has 1 fully saturated rings. The van der Waals surface area contributed by atoms with E-state index in [4.69, 9.17) is 0 Å². The third kappa shape index (κ3) is 4.09. The first-order chi connectivity index (χ1) is 13.7. The van der Waals surface area contributed by atoms with Crippen molar-refractivity contribution in [2.45, 2.75) is 36.8 Å². The number of fused-ring (bicyclic) bond motifs is 1. The van der Waals surface area contributed by atoms with Crippen molar-refractivity contribution in [2.24, 2.45) is 0 Å². The predicted octanol–water partition coefficient (Wildman–Crippen LogP) is 2.89. The van der Waals surface area contributed by atoms with E-state index in [1.54, 1.807) is 17.0 Å². The zero-order chi connectivity index (χ0) is 20.6. The van der Waals surface area contributed by atoms with Gasteiger partial charge in [0.25, 0.3) is 0 Å². The number of halogens is 3. The molecule has 0 amide bonds. The second-order valence-corrected chi connectivity index (χ2v) is 9.24. The summed E-state index contributed by atoms with van der Waals surface area (Å²) in [5.41, 5.74) is 1.28. The van der Waals surface area contributed by atoms with Gasteiger partial charge in [-0.3, -0.25) is 0 Å². The van der Waals surface area contributed by atoms with Gasteiger partial charge in [-0.05, 0) is 61.1 Å². The van der Waals surface area contributed by atoms with Crippen LogP contribution in [0.5, 0.6) is 0 Å². The lowest BCUT2D eigenvalue weighted by molar-refractivity contribution is -0.141. The molecular formula is C19H21F3N4O2S. The molecule has 0 bridgehead atoms. The second kappa shape index (κ2) is 7.56. The summed E-state index contributed by atoms with van der Waals surface area (Å²) in [5.74, 6) is 0.309. The Hall–Kier alpha value is -2.20. The number of aryl methyl sites for hydroxylation is 2. The number of sulfonamides is 1. The SMILES string of the molecule is O=S(=O)(c1ccc2c(c1)CCCC2)N1CCN(c2ccc(C(F)(F)F)nn2)CC1. The minimum atomic E-state index is -4.53. The lowest BCUT2D eigenvalue weighted by atomic mass is 9.92. The van der Waals surface area contributed by atoms with E-state index in [1.165, 1.54) is 15.9 Å². The molecule has 2 aromatic rings. The first-order valence-corrected chi connectivity index (χ1v) is 11.0. The fourth-order valence-corrected chi connectivity index (χ4v) is 5.30. The molecule has 0 spiro atoms. The van der Waals surface area contributed by atoms with E-state index >= 15 is 0 Å². The van der Waals surface area contributed by atoms with Gasteiger partial charge in [-0.1, -0.05) is 6.07 Å². The molecule has 10 heteroatoms. The van der Waals surface area contributed by atoms with Crippen LogP contribution in [0.3, 0.4) is 0 Å². The molecule has 2 heterocycles. The maximum atomic E-state index is 13.0. The van der Waals surface area contributed by atoms with E-state index < -0.39 is 21.9 Å². The maximum Gasteiger partial charge on any atom is 0.435 e. The van der Waals surface area contributed by atoms with E-state index in [0.29, 0.717) is 23.8 Å².